The van der Waals surface area contributed by atoms with Gasteiger partial charge in [-0.1, -0.05) is 59.2 Å². The lowest BCUT2D eigenvalue weighted by molar-refractivity contribution is -0.113. The summed E-state index contributed by atoms with van der Waals surface area (Å²) in [5, 5.41) is 3.47. The molecule has 0 spiro atoms. The average molecular weight is 442 g/mol. The average Bonchev–Trinajstić information content (AvgIpc) is 2.64. The minimum atomic E-state index is -0.760. The fourth-order valence-electron chi connectivity index (χ4n) is 2.28. The van der Waals surface area contributed by atoms with Gasteiger partial charge in [0.05, 0.1) is 25.5 Å². The Morgan fingerprint density at radius 3 is 2.63 bits per heavy atom. The van der Waals surface area contributed by atoms with E-state index in [1.165, 1.54) is 30.5 Å². The number of ketones is 1. The van der Waals surface area contributed by atoms with Crippen LogP contribution in [0.3, 0.4) is 0 Å². The quantitative estimate of drug-likeness (QED) is 0.418. The highest BCUT2D eigenvalue weighted by atomic mass is 35.5. The SMILES string of the molecule is O=C(NC1C=CCC(=S)C1=O)c1ccc(Oc2cc(Cl)c(Cl)cc2Cl)nc1. The van der Waals surface area contributed by atoms with Crippen molar-refractivity contribution in [2.75, 3.05) is 0 Å². The Hall–Kier alpha value is -1.99. The number of pyridine rings is 1. The van der Waals surface area contributed by atoms with Crippen LogP contribution in [-0.2, 0) is 4.79 Å². The Morgan fingerprint density at radius 2 is 1.93 bits per heavy atom. The molecule has 5 nitrogen and oxygen atoms in total. The lowest BCUT2D eigenvalue weighted by atomic mass is 10.0. The van der Waals surface area contributed by atoms with E-state index in [1.807, 2.05) is 0 Å². The third-order valence-electron chi connectivity index (χ3n) is 3.66. The molecule has 1 heterocycles. The van der Waals surface area contributed by atoms with Crippen LogP contribution in [0.5, 0.6) is 11.6 Å². The van der Waals surface area contributed by atoms with Crippen molar-refractivity contribution >= 4 is 63.6 Å². The maximum atomic E-state index is 12.3. The molecule has 0 fully saturated rings. The summed E-state index contributed by atoms with van der Waals surface area (Å²) in [7, 11) is 0. The van der Waals surface area contributed by atoms with E-state index < -0.39 is 11.9 Å². The van der Waals surface area contributed by atoms with Crippen LogP contribution in [0.4, 0.5) is 0 Å². The van der Waals surface area contributed by atoms with E-state index >= 15 is 0 Å². The number of hydrogen-bond donors (Lipinski definition) is 1. The lowest BCUT2D eigenvalue weighted by Gasteiger charge is -2.17. The van der Waals surface area contributed by atoms with Crippen LogP contribution >= 0.6 is 47.0 Å². The van der Waals surface area contributed by atoms with Crippen LogP contribution in [0.25, 0.3) is 0 Å². The molecule has 1 aliphatic rings. The fraction of sp³-hybridized carbons (Fsp3) is 0.111. The van der Waals surface area contributed by atoms with Crippen LogP contribution in [0.1, 0.15) is 16.8 Å². The Balaban J connectivity index is 1.70. The number of aromatic nitrogens is 1. The van der Waals surface area contributed by atoms with Crippen molar-refractivity contribution in [2.24, 2.45) is 0 Å². The normalized spacial score (nSPS) is 16.3. The van der Waals surface area contributed by atoms with E-state index in [4.69, 9.17) is 51.8 Å². The molecule has 1 N–H and O–H groups in total. The monoisotopic (exact) mass is 440 g/mol. The molecule has 27 heavy (non-hydrogen) atoms. The predicted octanol–water partition coefficient (Wildman–Crippen LogP) is 4.83. The predicted molar refractivity (Wildman–Crippen MR) is 108 cm³/mol. The molecule has 0 saturated carbocycles. The first-order valence-corrected chi connectivity index (χ1v) is 9.22. The highest BCUT2D eigenvalue weighted by Crippen LogP contribution is 2.35. The molecular formula is C18H11Cl3N2O3S. The molecule has 1 aromatic carbocycles. The number of benzene rings is 1. The van der Waals surface area contributed by atoms with E-state index in [9.17, 15) is 9.59 Å². The molecule has 9 heteroatoms. The van der Waals surface area contributed by atoms with Crippen LogP contribution in [0.15, 0.2) is 42.6 Å². The number of allylic oxidation sites excluding steroid dienone is 1. The number of halogens is 3. The molecular weight excluding hydrogens is 431 g/mol. The van der Waals surface area contributed by atoms with Gasteiger partial charge in [-0.2, -0.15) is 0 Å². The van der Waals surface area contributed by atoms with Crippen molar-refractivity contribution < 1.29 is 14.3 Å². The maximum absolute atomic E-state index is 12.3. The van der Waals surface area contributed by atoms with E-state index in [0.29, 0.717) is 16.3 Å². The smallest absolute Gasteiger partial charge is 0.253 e. The Bertz CT molecular complexity index is 961. The standard InChI is InChI=1S/C18H11Cl3N2O3S/c19-10-6-12(21)14(7-11(10)20)26-16-5-4-9(8-22-16)18(25)23-13-2-1-3-15(27)17(13)24/h1-2,4-8,13H,3H2,(H,23,25). The molecule has 1 aliphatic carbocycles. The second-order valence-corrected chi connectivity index (χ2v) is 7.27. The van der Waals surface area contributed by atoms with Gasteiger partial charge >= 0.3 is 0 Å². The summed E-state index contributed by atoms with van der Waals surface area (Å²) in [5.41, 5.74) is 0.264. The molecule has 1 unspecified atom stereocenters. The van der Waals surface area contributed by atoms with E-state index in [2.05, 4.69) is 10.3 Å². The number of rotatable bonds is 4. The molecule has 3 rings (SSSR count). The Morgan fingerprint density at radius 1 is 1.19 bits per heavy atom. The highest BCUT2D eigenvalue weighted by molar-refractivity contribution is 7.82. The summed E-state index contributed by atoms with van der Waals surface area (Å²) in [4.78, 5) is 28.6. The zero-order valence-corrected chi connectivity index (χ0v) is 16.6. The largest absolute Gasteiger partial charge is 0.437 e. The van der Waals surface area contributed by atoms with Gasteiger partial charge in [-0.15, -0.1) is 0 Å². The third-order valence-corrected chi connectivity index (χ3v) is 5.05. The van der Waals surface area contributed by atoms with Crippen LogP contribution in [-0.4, -0.2) is 27.6 Å². The number of ether oxygens (including phenoxy) is 1. The van der Waals surface area contributed by atoms with Gasteiger partial charge in [0.1, 0.15) is 11.8 Å². The van der Waals surface area contributed by atoms with E-state index in [0.717, 1.165) is 0 Å². The summed E-state index contributed by atoms with van der Waals surface area (Å²) in [5.74, 6) is -0.235. The minimum absolute atomic E-state index is 0.210. The molecule has 0 saturated heterocycles. The van der Waals surface area contributed by atoms with Gasteiger partial charge in [0.2, 0.25) is 5.88 Å². The lowest BCUT2D eigenvalue weighted by Crippen LogP contribution is -2.43. The molecule has 0 radical (unpaired) electrons. The van der Waals surface area contributed by atoms with Crippen molar-refractivity contribution in [3.63, 3.8) is 0 Å². The molecule has 1 atom stereocenters. The van der Waals surface area contributed by atoms with Crippen molar-refractivity contribution in [2.45, 2.75) is 12.5 Å². The molecule has 0 bridgehead atoms. The fourth-order valence-corrected chi connectivity index (χ4v) is 3.08. The molecule has 2 aromatic rings. The van der Waals surface area contributed by atoms with Crippen molar-refractivity contribution in [1.29, 1.82) is 0 Å². The van der Waals surface area contributed by atoms with Gasteiger partial charge < -0.3 is 10.1 Å². The Labute approximate surface area is 175 Å². The summed E-state index contributed by atoms with van der Waals surface area (Å²) >= 11 is 22.9. The zero-order chi connectivity index (χ0) is 19.6. The summed E-state index contributed by atoms with van der Waals surface area (Å²) in [6.45, 7) is 0. The number of thiocarbonyl (C=S) groups is 1. The zero-order valence-electron chi connectivity index (χ0n) is 13.5. The highest BCUT2D eigenvalue weighted by Gasteiger charge is 2.24. The first-order valence-electron chi connectivity index (χ1n) is 7.68. The first kappa shape index (κ1) is 19.8. The second-order valence-electron chi connectivity index (χ2n) is 5.55. The third kappa shape index (κ3) is 4.65. The van der Waals surface area contributed by atoms with Crippen molar-refractivity contribution in [3.8, 4) is 11.6 Å². The van der Waals surface area contributed by atoms with Crippen LogP contribution in [0.2, 0.25) is 15.1 Å². The number of carbonyl (C=O) groups is 2. The topological polar surface area (TPSA) is 68.3 Å². The maximum Gasteiger partial charge on any atom is 0.253 e. The van der Waals surface area contributed by atoms with Crippen LogP contribution in [0, 0.1) is 0 Å². The Kier molecular flexibility index (Phi) is 6.11. The number of carbonyl (C=O) groups excluding carboxylic acids is 2. The van der Waals surface area contributed by atoms with Gasteiger partial charge in [0, 0.05) is 24.8 Å². The minimum Gasteiger partial charge on any atom is -0.437 e. The summed E-state index contributed by atoms with van der Waals surface area (Å²) in [6.07, 6.45) is 5.12. The van der Waals surface area contributed by atoms with Gasteiger partial charge in [0.25, 0.3) is 5.91 Å². The molecule has 1 aromatic heterocycles. The van der Waals surface area contributed by atoms with Gasteiger partial charge in [-0.05, 0) is 12.1 Å². The number of hydrogen-bond acceptors (Lipinski definition) is 5. The summed E-state index contributed by atoms with van der Waals surface area (Å²) in [6, 6.07) is 5.18. The second kappa shape index (κ2) is 8.35. The number of nitrogens with zero attached hydrogens (tertiary/aromatic N) is 1. The number of nitrogens with one attached hydrogen (secondary N) is 1. The number of amides is 1. The van der Waals surface area contributed by atoms with Crippen LogP contribution < -0.4 is 10.1 Å². The van der Waals surface area contributed by atoms with Crippen molar-refractivity contribution in [1.82, 2.24) is 10.3 Å². The van der Waals surface area contributed by atoms with Crippen molar-refractivity contribution in [3.05, 3.63) is 63.2 Å². The molecule has 1 amide bonds. The first-order chi connectivity index (χ1) is 12.8. The summed E-state index contributed by atoms with van der Waals surface area (Å²) < 4.78 is 5.56. The van der Waals surface area contributed by atoms with Gasteiger partial charge in [-0.25, -0.2) is 4.98 Å². The van der Waals surface area contributed by atoms with Gasteiger partial charge in [0.15, 0.2) is 5.78 Å². The molecule has 138 valence electrons. The molecule has 0 aliphatic heterocycles. The van der Waals surface area contributed by atoms with E-state index in [1.54, 1.807) is 12.2 Å². The van der Waals surface area contributed by atoms with Gasteiger partial charge in [-0.3, -0.25) is 9.59 Å². The van der Waals surface area contributed by atoms with E-state index in [-0.39, 0.29) is 33.0 Å². The number of Topliss-reactive ketones (excluding diaryl/α,β-unsaturated/α-hetero) is 1.